The fourth-order valence-corrected chi connectivity index (χ4v) is 1.96. The van der Waals surface area contributed by atoms with E-state index in [1.807, 2.05) is 6.92 Å². The van der Waals surface area contributed by atoms with Crippen molar-refractivity contribution in [3.8, 4) is 0 Å². The van der Waals surface area contributed by atoms with Crippen molar-refractivity contribution >= 4 is 0 Å². The standard InChI is InChI=1S/C11H18N2O/c1-10-8-12-11(14-10)9-13-6-4-2-3-5-7-13/h8H,2-7,9H2,1H3. The lowest BCUT2D eigenvalue weighted by Crippen LogP contribution is -2.24. The Morgan fingerprint density at radius 1 is 1.29 bits per heavy atom. The van der Waals surface area contributed by atoms with Gasteiger partial charge in [-0.1, -0.05) is 12.8 Å². The Balaban J connectivity index is 1.89. The second-order valence-corrected chi connectivity index (χ2v) is 4.06. The van der Waals surface area contributed by atoms with Gasteiger partial charge in [0, 0.05) is 0 Å². The first-order chi connectivity index (χ1) is 6.84. The van der Waals surface area contributed by atoms with Gasteiger partial charge in [0.1, 0.15) is 5.76 Å². The summed E-state index contributed by atoms with van der Waals surface area (Å²) in [4.78, 5) is 6.67. The van der Waals surface area contributed by atoms with Crippen LogP contribution in [-0.2, 0) is 6.54 Å². The van der Waals surface area contributed by atoms with Crippen LogP contribution in [0.2, 0.25) is 0 Å². The number of rotatable bonds is 2. The van der Waals surface area contributed by atoms with Crippen molar-refractivity contribution in [3.05, 3.63) is 17.8 Å². The molecule has 3 heteroatoms. The number of likely N-dealkylation sites (tertiary alicyclic amines) is 1. The minimum Gasteiger partial charge on any atom is -0.445 e. The summed E-state index contributed by atoms with van der Waals surface area (Å²) in [5, 5.41) is 0. The lowest BCUT2D eigenvalue weighted by Gasteiger charge is -2.17. The third-order valence-corrected chi connectivity index (χ3v) is 2.73. The maximum Gasteiger partial charge on any atom is 0.208 e. The summed E-state index contributed by atoms with van der Waals surface area (Å²) in [5.41, 5.74) is 0. The first kappa shape index (κ1) is 9.71. The van der Waals surface area contributed by atoms with Gasteiger partial charge < -0.3 is 4.42 Å². The van der Waals surface area contributed by atoms with Crippen LogP contribution >= 0.6 is 0 Å². The van der Waals surface area contributed by atoms with E-state index in [1.165, 1.54) is 38.8 Å². The molecule has 1 saturated heterocycles. The molecule has 0 aromatic carbocycles. The van der Waals surface area contributed by atoms with Crippen molar-refractivity contribution in [1.29, 1.82) is 0 Å². The van der Waals surface area contributed by atoms with Gasteiger partial charge >= 0.3 is 0 Å². The van der Waals surface area contributed by atoms with Crippen molar-refractivity contribution in [1.82, 2.24) is 9.88 Å². The molecule has 78 valence electrons. The van der Waals surface area contributed by atoms with E-state index in [1.54, 1.807) is 6.20 Å². The van der Waals surface area contributed by atoms with Crippen LogP contribution in [-0.4, -0.2) is 23.0 Å². The number of aryl methyl sites for hydroxylation is 1. The summed E-state index contributed by atoms with van der Waals surface area (Å²) in [6, 6.07) is 0. The number of hydrogen-bond donors (Lipinski definition) is 0. The summed E-state index contributed by atoms with van der Waals surface area (Å²) in [6.07, 6.45) is 7.19. The zero-order valence-electron chi connectivity index (χ0n) is 8.83. The Labute approximate surface area is 85.1 Å². The zero-order chi connectivity index (χ0) is 9.80. The highest BCUT2D eigenvalue weighted by molar-refractivity contribution is 4.90. The molecule has 0 saturated carbocycles. The Bertz CT molecular complexity index is 275. The monoisotopic (exact) mass is 194 g/mol. The molecule has 1 fully saturated rings. The highest BCUT2D eigenvalue weighted by atomic mass is 16.4. The predicted octanol–water partition coefficient (Wildman–Crippen LogP) is 2.36. The van der Waals surface area contributed by atoms with Crippen LogP contribution < -0.4 is 0 Å². The summed E-state index contributed by atoms with van der Waals surface area (Å²) >= 11 is 0. The molecule has 1 aromatic rings. The molecule has 0 amide bonds. The maximum absolute atomic E-state index is 5.47. The van der Waals surface area contributed by atoms with Crippen LogP contribution in [0.1, 0.15) is 37.3 Å². The first-order valence-corrected chi connectivity index (χ1v) is 5.48. The molecule has 0 N–H and O–H groups in total. The van der Waals surface area contributed by atoms with Gasteiger partial charge in [0.05, 0.1) is 12.7 Å². The summed E-state index contributed by atoms with van der Waals surface area (Å²) in [7, 11) is 0. The molecule has 2 rings (SSSR count). The van der Waals surface area contributed by atoms with Gasteiger partial charge in [-0.3, -0.25) is 4.90 Å². The van der Waals surface area contributed by atoms with Crippen LogP contribution in [0.5, 0.6) is 0 Å². The molecule has 14 heavy (non-hydrogen) atoms. The van der Waals surface area contributed by atoms with E-state index in [2.05, 4.69) is 9.88 Å². The van der Waals surface area contributed by atoms with Crippen LogP contribution in [0, 0.1) is 6.92 Å². The fraction of sp³-hybridized carbons (Fsp3) is 0.727. The number of oxazole rings is 1. The third kappa shape index (κ3) is 2.58. The lowest BCUT2D eigenvalue weighted by atomic mass is 10.2. The van der Waals surface area contributed by atoms with Crippen LogP contribution in [0.4, 0.5) is 0 Å². The Morgan fingerprint density at radius 3 is 2.57 bits per heavy atom. The van der Waals surface area contributed by atoms with Crippen molar-refractivity contribution in [2.75, 3.05) is 13.1 Å². The van der Waals surface area contributed by atoms with Crippen LogP contribution in [0.15, 0.2) is 10.6 Å². The zero-order valence-corrected chi connectivity index (χ0v) is 8.83. The molecule has 0 bridgehead atoms. The van der Waals surface area contributed by atoms with E-state index in [0.29, 0.717) is 0 Å². The van der Waals surface area contributed by atoms with E-state index < -0.39 is 0 Å². The van der Waals surface area contributed by atoms with E-state index >= 15 is 0 Å². The predicted molar refractivity (Wildman–Crippen MR) is 55.0 cm³/mol. The molecule has 0 aliphatic carbocycles. The van der Waals surface area contributed by atoms with Gasteiger partial charge in [-0.2, -0.15) is 0 Å². The number of aromatic nitrogens is 1. The van der Waals surface area contributed by atoms with Gasteiger partial charge in [0.15, 0.2) is 0 Å². The highest BCUT2D eigenvalue weighted by Crippen LogP contribution is 2.12. The minimum atomic E-state index is 0.865. The SMILES string of the molecule is Cc1cnc(CN2CCCCCC2)o1. The first-order valence-electron chi connectivity index (χ1n) is 5.48. The maximum atomic E-state index is 5.47. The van der Waals surface area contributed by atoms with Gasteiger partial charge in [0.2, 0.25) is 5.89 Å². The smallest absolute Gasteiger partial charge is 0.208 e. The molecule has 2 heterocycles. The molecule has 1 aliphatic rings. The second kappa shape index (κ2) is 4.60. The van der Waals surface area contributed by atoms with Gasteiger partial charge in [0.25, 0.3) is 0 Å². The Kier molecular flexibility index (Phi) is 3.19. The van der Waals surface area contributed by atoms with Crippen molar-refractivity contribution in [2.24, 2.45) is 0 Å². The average Bonchev–Trinajstić information content (AvgIpc) is 2.43. The van der Waals surface area contributed by atoms with Crippen LogP contribution in [0.3, 0.4) is 0 Å². The molecule has 0 unspecified atom stereocenters. The average molecular weight is 194 g/mol. The molecule has 1 aromatic heterocycles. The number of nitrogens with zero attached hydrogens (tertiary/aromatic N) is 2. The van der Waals surface area contributed by atoms with Gasteiger partial charge in [-0.15, -0.1) is 0 Å². The number of hydrogen-bond acceptors (Lipinski definition) is 3. The molecule has 3 nitrogen and oxygen atoms in total. The van der Waals surface area contributed by atoms with Crippen molar-refractivity contribution in [2.45, 2.75) is 39.2 Å². The van der Waals surface area contributed by atoms with E-state index in [0.717, 1.165) is 18.2 Å². The van der Waals surface area contributed by atoms with Crippen molar-refractivity contribution < 1.29 is 4.42 Å². The topological polar surface area (TPSA) is 29.3 Å². The normalized spacial score (nSPS) is 19.5. The van der Waals surface area contributed by atoms with Gasteiger partial charge in [-0.05, 0) is 32.9 Å². The van der Waals surface area contributed by atoms with E-state index in [-0.39, 0.29) is 0 Å². The molecule has 1 aliphatic heterocycles. The minimum absolute atomic E-state index is 0.865. The largest absolute Gasteiger partial charge is 0.445 e. The van der Waals surface area contributed by atoms with E-state index in [4.69, 9.17) is 4.42 Å². The molecule has 0 radical (unpaired) electrons. The molecule has 0 atom stereocenters. The second-order valence-electron chi connectivity index (χ2n) is 4.06. The summed E-state index contributed by atoms with van der Waals surface area (Å²) < 4.78 is 5.47. The highest BCUT2D eigenvalue weighted by Gasteiger charge is 2.11. The Hall–Kier alpha value is -0.830. The third-order valence-electron chi connectivity index (χ3n) is 2.73. The summed E-state index contributed by atoms with van der Waals surface area (Å²) in [5.74, 6) is 1.78. The van der Waals surface area contributed by atoms with Crippen LogP contribution in [0.25, 0.3) is 0 Å². The molecule has 0 spiro atoms. The Morgan fingerprint density at radius 2 is 2.00 bits per heavy atom. The van der Waals surface area contributed by atoms with Crippen molar-refractivity contribution in [3.63, 3.8) is 0 Å². The van der Waals surface area contributed by atoms with E-state index in [9.17, 15) is 0 Å². The fourth-order valence-electron chi connectivity index (χ4n) is 1.96. The lowest BCUT2D eigenvalue weighted by molar-refractivity contribution is 0.246. The quantitative estimate of drug-likeness (QED) is 0.723. The molecular formula is C11H18N2O. The molecular weight excluding hydrogens is 176 g/mol. The summed E-state index contributed by atoms with van der Waals surface area (Å²) in [6.45, 7) is 5.22. The van der Waals surface area contributed by atoms with Gasteiger partial charge in [-0.25, -0.2) is 4.98 Å².